The summed E-state index contributed by atoms with van der Waals surface area (Å²) in [5, 5.41) is 11.8. The maximum absolute atomic E-state index is 13.4. The molecule has 8 nitrogen and oxygen atoms in total. The molecule has 0 saturated carbocycles. The Bertz CT molecular complexity index is 1090. The van der Waals surface area contributed by atoms with Crippen LogP contribution in [-0.2, 0) is 0 Å². The van der Waals surface area contributed by atoms with E-state index in [1.807, 2.05) is 44.1 Å². The molecular formula is C20H21ClN4O4S. The number of aromatic nitrogens is 1. The van der Waals surface area contributed by atoms with Gasteiger partial charge in [0.25, 0.3) is 11.6 Å². The van der Waals surface area contributed by atoms with Crippen molar-refractivity contribution in [3.8, 4) is 5.75 Å². The Labute approximate surface area is 182 Å². The number of carbonyl (C=O) groups excluding carboxylic acids is 1. The van der Waals surface area contributed by atoms with Crippen LogP contribution >= 0.6 is 22.9 Å². The predicted octanol–water partition coefficient (Wildman–Crippen LogP) is 4.47. The highest BCUT2D eigenvalue weighted by Gasteiger charge is 2.25. The van der Waals surface area contributed by atoms with E-state index in [0.717, 1.165) is 4.70 Å². The maximum Gasteiger partial charge on any atom is 0.270 e. The molecule has 0 spiro atoms. The summed E-state index contributed by atoms with van der Waals surface area (Å²) < 4.78 is 6.53. The summed E-state index contributed by atoms with van der Waals surface area (Å²) in [6.45, 7) is 3.31. The summed E-state index contributed by atoms with van der Waals surface area (Å²) in [5.41, 5.74) is 0.541. The maximum atomic E-state index is 13.4. The highest BCUT2D eigenvalue weighted by Crippen LogP contribution is 2.35. The van der Waals surface area contributed by atoms with Gasteiger partial charge in [0.15, 0.2) is 5.13 Å². The molecule has 3 aromatic rings. The van der Waals surface area contributed by atoms with Crippen LogP contribution in [0.1, 0.15) is 17.3 Å². The normalized spacial score (nSPS) is 11.1. The van der Waals surface area contributed by atoms with Crippen LogP contribution in [-0.4, -0.2) is 54.5 Å². The van der Waals surface area contributed by atoms with E-state index in [-0.39, 0.29) is 16.3 Å². The molecule has 1 aromatic heterocycles. The van der Waals surface area contributed by atoms with E-state index in [1.165, 1.54) is 34.4 Å². The third kappa shape index (κ3) is 4.69. The molecule has 0 unspecified atom stereocenters. The molecular weight excluding hydrogens is 428 g/mol. The number of halogens is 1. The number of nitro groups is 1. The van der Waals surface area contributed by atoms with Crippen molar-refractivity contribution in [2.24, 2.45) is 0 Å². The molecule has 0 bridgehead atoms. The van der Waals surface area contributed by atoms with E-state index < -0.39 is 10.8 Å². The summed E-state index contributed by atoms with van der Waals surface area (Å²) in [5.74, 6) is 0.202. The Morgan fingerprint density at radius 1 is 1.27 bits per heavy atom. The predicted molar refractivity (Wildman–Crippen MR) is 119 cm³/mol. The van der Waals surface area contributed by atoms with Gasteiger partial charge in [-0.3, -0.25) is 19.8 Å². The van der Waals surface area contributed by atoms with Crippen LogP contribution in [0.3, 0.4) is 0 Å². The number of rotatable bonds is 8. The Morgan fingerprint density at radius 3 is 2.70 bits per heavy atom. The van der Waals surface area contributed by atoms with Crippen LogP contribution in [0, 0.1) is 10.1 Å². The number of benzene rings is 2. The molecule has 30 heavy (non-hydrogen) atoms. The fourth-order valence-corrected chi connectivity index (χ4v) is 4.03. The third-order valence-corrected chi connectivity index (χ3v) is 5.68. The fraction of sp³-hybridized carbons (Fsp3) is 0.300. The lowest BCUT2D eigenvalue weighted by Crippen LogP contribution is -2.37. The van der Waals surface area contributed by atoms with E-state index in [9.17, 15) is 14.9 Å². The minimum Gasteiger partial charge on any atom is -0.492 e. The fourth-order valence-electron chi connectivity index (χ4n) is 2.82. The average Bonchev–Trinajstić information content (AvgIpc) is 3.13. The number of nitrogens with zero attached hydrogens (tertiary/aromatic N) is 4. The number of ether oxygens (including phenoxy) is 1. The molecule has 0 N–H and O–H groups in total. The number of hydrogen-bond donors (Lipinski definition) is 0. The summed E-state index contributed by atoms with van der Waals surface area (Å²) >= 11 is 7.57. The van der Waals surface area contributed by atoms with Gasteiger partial charge in [0.1, 0.15) is 11.3 Å². The van der Waals surface area contributed by atoms with Crippen molar-refractivity contribution in [2.75, 3.05) is 38.7 Å². The van der Waals surface area contributed by atoms with E-state index in [4.69, 9.17) is 16.3 Å². The molecule has 0 saturated heterocycles. The van der Waals surface area contributed by atoms with Crippen molar-refractivity contribution in [1.82, 2.24) is 9.88 Å². The monoisotopic (exact) mass is 448 g/mol. The number of thiazole rings is 1. The van der Waals surface area contributed by atoms with Crippen molar-refractivity contribution in [1.29, 1.82) is 0 Å². The summed E-state index contributed by atoms with van der Waals surface area (Å²) in [6, 6.07) is 9.45. The minimum atomic E-state index is -0.552. The van der Waals surface area contributed by atoms with Crippen LogP contribution in [0.5, 0.6) is 5.75 Å². The molecule has 1 amide bonds. The summed E-state index contributed by atoms with van der Waals surface area (Å²) in [6.07, 6.45) is 0. The van der Waals surface area contributed by atoms with Crippen LogP contribution in [0.15, 0.2) is 36.4 Å². The van der Waals surface area contributed by atoms with Gasteiger partial charge in [-0.2, -0.15) is 0 Å². The molecule has 158 valence electrons. The second-order valence-corrected chi connectivity index (χ2v) is 8.13. The summed E-state index contributed by atoms with van der Waals surface area (Å²) in [4.78, 5) is 32.1. The molecule has 0 aliphatic heterocycles. The number of amides is 1. The largest absolute Gasteiger partial charge is 0.492 e. The van der Waals surface area contributed by atoms with Crippen molar-refractivity contribution >= 4 is 49.9 Å². The van der Waals surface area contributed by atoms with Gasteiger partial charge in [-0.05, 0) is 39.2 Å². The lowest BCUT2D eigenvalue weighted by molar-refractivity contribution is -0.384. The number of likely N-dealkylation sites (N-methyl/N-ethyl adjacent to an activating group) is 1. The molecule has 0 atom stereocenters. The summed E-state index contributed by atoms with van der Waals surface area (Å²) in [7, 11) is 3.79. The first-order valence-corrected chi connectivity index (χ1v) is 10.4. The Balaban J connectivity index is 2.06. The van der Waals surface area contributed by atoms with Crippen LogP contribution < -0.4 is 9.64 Å². The van der Waals surface area contributed by atoms with Crippen molar-refractivity contribution in [2.45, 2.75) is 6.92 Å². The van der Waals surface area contributed by atoms with Gasteiger partial charge in [0.2, 0.25) is 0 Å². The standard InChI is InChI=1S/C20H21ClN4O4S/c1-4-29-16-6-5-7-17-18(16)22-20(30-17)24(11-10-23(2)3)19(26)14-12-13(25(27)28)8-9-15(14)21/h5-9,12H,4,10-11H2,1-3H3. The second kappa shape index (κ2) is 9.38. The van der Waals surface area contributed by atoms with Crippen LogP contribution in [0.25, 0.3) is 10.2 Å². The van der Waals surface area contributed by atoms with E-state index in [2.05, 4.69) is 4.98 Å². The average molecular weight is 449 g/mol. The van der Waals surface area contributed by atoms with E-state index in [1.54, 1.807) is 0 Å². The number of fused-ring (bicyclic) bond motifs is 1. The molecule has 2 aromatic carbocycles. The Kier molecular flexibility index (Phi) is 6.86. The van der Waals surface area contributed by atoms with Gasteiger partial charge >= 0.3 is 0 Å². The van der Waals surface area contributed by atoms with Crippen molar-refractivity contribution < 1.29 is 14.5 Å². The van der Waals surface area contributed by atoms with E-state index >= 15 is 0 Å². The molecule has 3 rings (SSSR count). The quantitative estimate of drug-likeness (QED) is 0.373. The first kappa shape index (κ1) is 21.9. The number of carbonyl (C=O) groups is 1. The van der Waals surface area contributed by atoms with Crippen molar-refractivity contribution in [3.63, 3.8) is 0 Å². The first-order chi connectivity index (χ1) is 14.3. The number of hydrogen-bond acceptors (Lipinski definition) is 7. The molecule has 1 heterocycles. The van der Waals surface area contributed by atoms with Crippen LogP contribution in [0.4, 0.5) is 10.8 Å². The lowest BCUT2D eigenvalue weighted by Gasteiger charge is -2.22. The highest BCUT2D eigenvalue weighted by atomic mass is 35.5. The number of non-ortho nitro benzene ring substituents is 1. The molecule has 0 aliphatic carbocycles. The Morgan fingerprint density at radius 2 is 2.03 bits per heavy atom. The molecule has 0 aliphatic rings. The van der Waals surface area contributed by atoms with Gasteiger partial charge in [0.05, 0.1) is 26.8 Å². The number of nitro benzene ring substituents is 1. The third-order valence-electron chi connectivity index (χ3n) is 4.31. The molecule has 0 fully saturated rings. The topological polar surface area (TPSA) is 88.8 Å². The van der Waals surface area contributed by atoms with E-state index in [0.29, 0.717) is 36.1 Å². The van der Waals surface area contributed by atoms with Gasteiger partial charge in [-0.1, -0.05) is 29.0 Å². The zero-order valence-corrected chi connectivity index (χ0v) is 18.4. The first-order valence-electron chi connectivity index (χ1n) is 9.24. The molecule has 0 radical (unpaired) electrons. The van der Waals surface area contributed by atoms with Crippen LogP contribution in [0.2, 0.25) is 5.02 Å². The van der Waals surface area contributed by atoms with Gasteiger partial charge < -0.3 is 9.64 Å². The zero-order chi connectivity index (χ0) is 21.8. The number of anilines is 1. The lowest BCUT2D eigenvalue weighted by atomic mass is 10.1. The SMILES string of the molecule is CCOc1cccc2sc(N(CCN(C)C)C(=O)c3cc([N+](=O)[O-])ccc3Cl)nc12. The van der Waals surface area contributed by atoms with Gasteiger partial charge in [-0.15, -0.1) is 0 Å². The van der Waals surface area contributed by atoms with Gasteiger partial charge in [-0.25, -0.2) is 4.98 Å². The molecule has 10 heteroatoms. The zero-order valence-electron chi connectivity index (χ0n) is 16.8. The van der Waals surface area contributed by atoms with Gasteiger partial charge in [0, 0.05) is 25.2 Å². The Hall–Kier alpha value is -2.75. The second-order valence-electron chi connectivity index (χ2n) is 6.71. The number of para-hydroxylation sites is 1. The van der Waals surface area contributed by atoms with Crippen molar-refractivity contribution in [3.05, 3.63) is 57.1 Å². The highest BCUT2D eigenvalue weighted by molar-refractivity contribution is 7.22. The smallest absolute Gasteiger partial charge is 0.270 e. The minimum absolute atomic E-state index is 0.0638.